The highest BCUT2D eigenvalue weighted by molar-refractivity contribution is 6.36. The van der Waals surface area contributed by atoms with E-state index in [0.717, 1.165) is 5.56 Å². The smallest absolute Gasteiger partial charge is 0.180 e. The molecule has 0 spiro atoms. The maximum absolute atomic E-state index is 6.47. The Morgan fingerprint density at radius 1 is 0.962 bits per heavy atom. The number of hydrogen-bond acceptors (Lipinski definition) is 3. The number of halogens is 3. The zero-order chi connectivity index (χ0) is 19.3. The fraction of sp³-hybridized carbons (Fsp3) is 0.400. The first kappa shape index (κ1) is 21.2. The topological polar surface area (TPSA) is 30.5 Å². The van der Waals surface area contributed by atoms with E-state index in [0.29, 0.717) is 45.3 Å². The molecule has 3 nitrogen and oxygen atoms in total. The molecule has 2 rings (SSSR count). The van der Waals surface area contributed by atoms with E-state index in [1.54, 1.807) is 18.2 Å². The predicted molar refractivity (Wildman–Crippen MR) is 110 cm³/mol. The normalized spacial score (nSPS) is 11.5. The first-order valence-corrected chi connectivity index (χ1v) is 9.60. The molecule has 2 aromatic carbocycles. The zero-order valence-corrected chi connectivity index (χ0v) is 17.7. The van der Waals surface area contributed by atoms with Gasteiger partial charge in [0.15, 0.2) is 11.5 Å². The molecule has 0 aliphatic heterocycles. The molecule has 0 saturated heterocycles. The highest BCUT2D eigenvalue weighted by Gasteiger charge is 2.16. The van der Waals surface area contributed by atoms with E-state index < -0.39 is 0 Å². The summed E-state index contributed by atoms with van der Waals surface area (Å²) in [6.45, 7) is 9.66. The monoisotopic (exact) mass is 415 g/mol. The Morgan fingerprint density at radius 3 is 2.19 bits per heavy atom. The van der Waals surface area contributed by atoms with Gasteiger partial charge in [-0.25, -0.2) is 0 Å². The summed E-state index contributed by atoms with van der Waals surface area (Å²) in [6.07, 6.45) is 0. The second-order valence-corrected chi connectivity index (χ2v) is 8.15. The molecule has 0 fully saturated rings. The minimum Gasteiger partial charge on any atom is -0.490 e. The Labute approximate surface area is 170 Å². The molecule has 6 heteroatoms. The van der Waals surface area contributed by atoms with Crippen molar-refractivity contribution in [3.8, 4) is 11.5 Å². The zero-order valence-electron chi connectivity index (χ0n) is 15.5. The summed E-state index contributed by atoms with van der Waals surface area (Å²) in [5.74, 6) is 1.10. The van der Waals surface area contributed by atoms with Gasteiger partial charge in [-0.05, 0) is 57.5 Å². The molecule has 0 heterocycles. The Balaban J connectivity index is 2.24. The molecular weight excluding hydrogens is 393 g/mol. The Morgan fingerprint density at radius 2 is 1.62 bits per heavy atom. The molecule has 0 amide bonds. The molecule has 0 bridgehead atoms. The van der Waals surface area contributed by atoms with Crippen LogP contribution in [-0.2, 0) is 13.2 Å². The van der Waals surface area contributed by atoms with Gasteiger partial charge in [-0.2, -0.15) is 0 Å². The van der Waals surface area contributed by atoms with Crippen LogP contribution in [0.4, 0.5) is 0 Å². The van der Waals surface area contributed by atoms with Crippen molar-refractivity contribution in [1.29, 1.82) is 0 Å². The molecule has 26 heavy (non-hydrogen) atoms. The fourth-order valence-corrected chi connectivity index (χ4v) is 3.10. The van der Waals surface area contributed by atoms with Crippen LogP contribution in [0, 0.1) is 0 Å². The first-order chi connectivity index (χ1) is 12.2. The summed E-state index contributed by atoms with van der Waals surface area (Å²) in [6, 6.07) is 9.17. The van der Waals surface area contributed by atoms with Crippen LogP contribution in [0.1, 0.15) is 38.8 Å². The Hall–Kier alpha value is -1.13. The van der Waals surface area contributed by atoms with Crippen molar-refractivity contribution in [1.82, 2.24) is 5.32 Å². The third kappa shape index (κ3) is 5.95. The van der Waals surface area contributed by atoms with Gasteiger partial charge in [0, 0.05) is 27.7 Å². The van der Waals surface area contributed by atoms with E-state index in [2.05, 4.69) is 26.1 Å². The number of rotatable bonds is 7. The molecule has 0 aliphatic carbocycles. The van der Waals surface area contributed by atoms with Crippen molar-refractivity contribution in [2.24, 2.45) is 0 Å². The maximum atomic E-state index is 6.47. The summed E-state index contributed by atoms with van der Waals surface area (Å²) in [4.78, 5) is 0. The van der Waals surface area contributed by atoms with Gasteiger partial charge >= 0.3 is 0 Å². The second kappa shape index (κ2) is 9.18. The van der Waals surface area contributed by atoms with Gasteiger partial charge in [0.2, 0.25) is 0 Å². The number of benzene rings is 2. The SMILES string of the molecule is CCOc1cc(CNC(C)(C)C)cc(Cl)c1OCc1c(Cl)cccc1Cl. The van der Waals surface area contributed by atoms with Crippen LogP contribution >= 0.6 is 34.8 Å². The third-order valence-corrected chi connectivity index (χ3v) is 4.60. The van der Waals surface area contributed by atoms with Crippen molar-refractivity contribution < 1.29 is 9.47 Å². The van der Waals surface area contributed by atoms with E-state index in [9.17, 15) is 0 Å². The van der Waals surface area contributed by atoms with Gasteiger partial charge in [-0.1, -0.05) is 40.9 Å². The molecule has 0 unspecified atom stereocenters. The fourth-order valence-electron chi connectivity index (χ4n) is 2.31. The van der Waals surface area contributed by atoms with Crippen molar-refractivity contribution in [2.45, 2.75) is 46.4 Å². The van der Waals surface area contributed by atoms with Crippen LogP contribution in [0.5, 0.6) is 11.5 Å². The van der Waals surface area contributed by atoms with E-state index in [-0.39, 0.29) is 12.1 Å². The lowest BCUT2D eigenvalue weighted by Gasteiger charge is -2.21. The molecule has 2 aromatic rings. The molecule has 0 aliphatic rings. The highest BCUT2D eigenvalue weighted by atomic mass is 35.5. The van der Waals surface area contributed by atoms with Crippen LogP contribution in [0.2, 0.25) is 15.1 Å². The Kier molecular flexibility index (Phi) is 7.48. The standard InChI is InChI=1S/C20H24Cl3NO2/c1-5-25-18-10-13(11-24-20(2,3)4)9-17(23)19(18)26-12-14-15(21)7-6-8-16(14)22/h6-10,24H,5,11-12H2,1-4H3. The van der Waals surface area contributed by atoms with Gasteiger partial charge in [-0.3, -0.25) is 0 Å². The lowest BCUT2D eigenvalue weighted by molar-refractivity contribution is 0.269. The van der Waals surface area contributed by atoms with E-state index in [1.807, 2.05) is 19.1 Å². The van der Waals surface area contributed by atoms with Crippen LogP contribution in [0.15, 0.2) is 30.3 Å². The minimum absolute atomic E-state index is 0.00817. The maximum Gasteiger partial charge on any atom is 0.180 e. The van der Waals surface area contributed by atoms with Crippen LogP contribution in [0.3, 0.4) is 0 Å². The molecule has 1 N–H and O–H groups in total. The summed E-state index contributed by atoms with van der Waals surface area (Å²) < 4.78 is 11.7. The number of nitrogens with one attached hydrogen (secondary N) is 1. The van der Waals surface area contributed by atoms with Crippen molar-refractivity contribution in [2.75, 3.05) is 6.61 Å². The number of hydrogen-bond donors (Lipinski definition) is 1. The Bertz CT molecular complexity index is 737. The average Bonchev–Trinajstić information content (AvgIpc) is 2.54. The molecule has 0 aromatic heterocycles. The third-order valence-electron chi connectivity index (χ3n) is 3.61. The molecular formula is C20H24Cl3NO2. The van der Waals surface area contributed by atoms with Crippen LogP contribution in [0.25, 0.3) is 0 Å². The lowest BCUT2D eigenvalue weighted by Crippen LogP contribution is -2.35. The van der Waals surface area contributed by atoms with Crippen LogP contribution < -0.4 is 14.8 Å². The first-order valence-electron chi connectivity index (χ1n) is 8.47. The van der Waals surface area contributed by atoms with E-state index in [1.165, 1.54) is 0 Å². The van der Waals surface area contributed by atoms with E-state index in [4.69, 9.17) is 44.3 Å². The summed E-state index contributed by atoms with van der Waals surface area (Å²) in [7, 11) is 0. The largest absolute Gasteiger partial charge is 0.490 e. The van der Waals surface area contributed by atoms with Gasteiger partial charge < -0.3 is 14.8 Å². The van der Waals surface area contributed by atoms with E-state index >= 15 is 0 Å². The average molecular weight is 417 g/mol. The van der Waals surface area contributed by atoms with Crippen molar-refractivity contribution >= 4 is 34.8 Å². The highest BCUT2D eigenvalue weighted by Crippen LogP contribution is 2.38. The summed E-state index contributed by atoms with van der Waals surface area (Å²) >= 11 is 18.9. The van der Waals surface area contributed by atoms with Crippen LogP contribution in [-0.4, -0.2) is 12.1 Å². The van der Waals surface area contributed by atoms with Gasteiger partial charge in [0.25, 0.3) is 0 Å². The molecule has 0 saturated carbocycles. The molecule has 0 atom stereocenters. The second-order valence-electron chi connectivity index (χ2n) is 6.93. The van der Waals surface area contributed by atoms with Gasteiger partial charge in [0.1, 0.15) is 6.61 Å². The lowest BCUT2D eigenvalue weighted by atomic mass is 10.1. The molecule has 0 radical (unpaired) electrons. The minimum atomic E-state index is 0.00817. The van der Waals surface area contributed by atoms with Gasteiger partial charge in [-0.15, -0.1) is 0 Å². The molecule has 142 valence electrons. The summed E-state index contributed by atoms with van der Waals surface area (Å²) in [5.41, 5.74) is 1.75. The van der Waals surface area contributed by atoms with Crippen molar-refractivity contribution in [3.05, 3.63) is 56.5 Å². The van der Waals surface area contributed by atoms with Crippen molar-refractivity contribution in [3.63, 3.8) is 0 Å². The quantitative estimate of drug-likeness (QED) is 0.558. The number of ether oxygens (including phenoxy) is 2. The van der Waals surface area contributed by atoms with Gasteiger partial charge in [0.05, 0.1) is 11.6 Å². The summed E-state index contributed by atoms with van der Waals surface area (Å²) in [5, 5.41) is 5.03. The predicted octanol–water partition coefficient (Wildman–Crippen LogP) is 6.51.